The molecule has 1 N–H and O–H groups in total. The molecule has 0 bridgehead atoms. The number of amidine groups is 1. The fourth-order valence-electron chi connectivity index (χ4n) is 3.40. The highest BCUT2D eigenvalue weighted by Gasteiger charge is 2.30. The average molecular weight is 567 g/mol. The van der Waals surface area contributed by atoms with Gasteiger partial charge in [-0.15, -0.1) is 0 Å². The molecule has 9 heteroatoms. The number of halogens is 1. The lowest BCUT2D eigenvalue weighted by atomic mass is 10.1. The molecule has 7 nitrogen and oxygen atoms in total. The van der Waals surface area contributed by atoms with Gasteiger partial charge in [0.1, 0.15) is 6.61 Å². The Morgan fingerprint density at radius 2 is 1.83 bits per heavy atom. The van der Waals surface area contributed by atoms with Crippen molar-refractivity contribution >= 4 is 56.5 Å². The van der Waals surface area contributed by atoms with Crippen LogP contribution in [0.5, 0.6) is 11.5 Å². The number of ether oxygens (including phenoxy) is 2. The minimum absolute atomic E-state index is 0.176. The van der Waals surface area contributed by atoms with Crippen LogP contribution in [0.15, 0.2) is 81.1 Å². The molecule has 1 amide bonds. The smallest absolute Gasteiger partial charge is 0.335 e. The Hall–Kier alpha value is -3.56. The number of aromatic carboxylic acids is 1. The normalized spacial score (nSPS) is 15.5. The van der Waals surface area contributed by atoms with E-state index in [0.29, 0.717) is 44.9 Å². The number of nitrogens with zero attached hydrogens (tertiary/aromatic N) is 2. The minimum Gasteiger partial charge on any atom is -0.490 e. The number of carboxylic acid groups (broad SMARTS) is 1. The molecular weight excluding hydrogens is 544 g/mol. The summed E-state index contributed by atoms with van der Waals surface area (Å²) < 4.78 is 12.6. The van der Waals surface area contributed by atoms with Crippen LogP contribution in [-0.4, -0.2) is 40.7 Å². The molecule has 0 atom stereocenters. The molecule has 3 aromatic carbocycles. The average Bonchev–Trinajstić information content (AvgIpc) is 3.12. The molecule has 0 aliphatic carbocycles. The second kappa shape index (κ2) is 11.5. The first-order valence-corrected chi connectivity index (χ1v) is 12.7. The maximum absolute atomic E-state index is 12.9. The van der Waals surface area contributed by atoms with E-state index in [1.54, 1.807) is 25.3 Å². The standard InChI is InChI=1S/C27H23BrN2O5S/c1-3-34-22-14-18(13-21(28)24(22)35-16-17-7-5-4-6-8-17)15-23-25(31)30(2)27(36-23)29-20-11-9-19(10-12-20)26(32)33/h4-15H,3,16H2,1-2H3,(H,32,33)/b23-15-,29-27?. The van der Waals surface area contributed by atoms with Crippen LogP contribution in [0.1, 0.15) is 28.4 Å². The Morgan fingerprint density at radius 1 is 1.11 bits per heavy atom. The Morgan fingerprint density at radius 3 is 2.50 bits per heavy atom. The lowest BCUT2D eigenvalue weighted by Gasteiger charge is -2.15. The van der Waals surface area contributed by atoms with E-state index < -0.39 is 5.97 Å². The molecule has 3 aromatic rings. The highest BCUT2D eigenvalue weighted by Crippen LogP contribution is 2.40. The number of carbonyl (C=O) groups excluding carboxylic acids is 1. The number of hydrogen-bond donors (Lipinski definition) is 1. The molecule has 1 saturated heterocycles. The molecular formula is C27H23BrN2O5S. The third-order valence-electron chi connectivity index (χ3n) is 5.20. The molecule has 36 heavy (non-hydrogen) atoms. The summed E-state index contributed by atoms with van der Waals surface area (Å²) in [5.41, 5.74) is 2.55. The highest BCUT2D eigenvalue weighted by atomic mass is 79.9. The Bertz CT molecular complexity index is 1340. The topological polar surface area (TPSA) is 88.4 Å². The quantitative estimate of drug-likeness (QED) is 0.319. The summed E-state index contributed by atoms with van der Waals surface area (Å²) >= 11 is 4.84. The van der Waals surface area contributed by atoms with E-state index in [9.17, 15) is 9.59 Å². The Kier molecular flexibility index (Phi) is 8.12. The fraction of sp³-hybridized carbons (Fsp3) is 0.148. The summed E-state index contributed by atoms with van der Waals surface area (Å²) in [7, 11) is 1.66. The maximum atomic E-state index is 12.9. The fourth-order valence-corrected chi connectivity index (χ4v) is 4.96. The number of carbonyl (C=O) groups is 2. The zero-order valence-corrected chi connectivity index (χ0v) is 22.0. The molecule has 0 radical (unpaired) electrons. The second-order valence-corrected chi connectivity index (χ2v) is 9.62. The van der Waals surface area contributed by atoms with Gasteiger partial charge in [0.25, 0.3) is 5.91 Å². The summed E-state index contributed by atoms with van der Waals surface area (Å²) in [6.45, 7) is 2.76. The zero-order valence-electron chi connectivity index (χ0n) is 19.6. The van der Waals surface area contributed by atoms with Crippen molar-refractivity contribution in [2.45, 2.75) is 13.5 Å². The van der Waals surface area contributed by atoms with Crippen LogP contribution in [-0.2, 0) is 11.4 Å². The first-order valence-electron chi connectivity index (χ1n) is 11.1. The number of likely N-dealkylation sites (N-methyl/N-ethyl adjacent to an activating group) is 1. The second-order valence-electron chi connectivity index (χ2n) is 7.76. The van der Waals surface area contributed by atoms with Crippen molar-refractivity contribution in [2.75, 3.05) is 13.7 Å². The van der Waals surface area contributed by atoms with E-state index in [-0.39, 0.29) is 11.5 Å². The third kappa shape index (κ3) is 5.98. The molecule has 0 aromatic heterocycles. The third-order valence-corrected chi connectivity index (χ3v) is 6.85. The summed E-state index contributed by atoms with van der Waals surface area (Å²) in [6.07, 6.45) is 1.79. The molecule has 0 saturated carbocycles. The number of rotatable bonds is 8. The van der Waals surface area contributed by atoms with Crippen LogP contribution in [0, 0.1) is 0 Å². The predicted molar refractivity (Wildman–Crippen MR) is 145 cm³/mol. The summed E-state index contributed by atoms with van der Waals surface area (Å²) in [6, 6.07) is 19.8. The first kappa shape index (κ1) is 25.5. The monoisotopic (exact) mass is 566 g/mol. The van der Waals surface area contributed by atoms with Crippen LogP contribution < -0.4 is 9.47 Å². The molecule has 1 heterocycles. The zero-order chi connectivity index (χ0) is 25.7. The van der Waals surface area contributed by atoms with Gasteiger partial charge in [0.2, 0.25) is 0 Å². The van der Waals surface area contributed by atoms with Gasteiger partial charge in [-0.2, -0.15) is 0 Å². The number of hydrogen-bond acceptors (Lipinski definition) is 6. The number of carboxylic acids is 1. The molecule has 1 aliphatic rings. The van der Waals surface area contributed by atoms with Crippen molar-refractivity contribution in [2.24, 2.45) is 4.99 Å². The maximum Gasteiger partial charge on any atom is 0.335 e. The minimum atomic E-state index is -1.00. The van der Waals surface area contributed by atoms with Gasteiger partial charge in [-0.05, 0) is 88.2 Å². The summed E-state index contributed by atoms with van der Waals surface area (Å²) in [5.74, 6) is -0.0151. The predicted octanol–water partition coefficient (Wildman–Crippen LogP) is 6.36. The molecule has 1 fully saturated rings. The highest BCUT2D eigenvalue weighted by molar-refractivity contribution is 9.10. The molecule has 0 spiro atoms. The van der Waals surface area contributed by atoms with E-state index in [4.69, 9.17) is 14.6 Å². The van der Waals surface area contributed by atoms with E-state index >= 15 is 0 Å². The van der Waals surface area contributed by atoms with E-state index in [1.165, 1.54) is 28.8 Å². The van der Waals surface area contributed by atoms with Gasteiger partial charge in [0.05, 0.1) is 27.2 Å². The van der Waals surface area contributed by atoms with Crippen LogP contribution in [0.2, 0.25) is 0 Å². The van der Waals surface area contributed by atoms with E-state index in [2.05, 4.69) is 20.9 Å². The SMILES string of the molecule is CCOc1cc(/C=C2\SC(=Nc3ccc(C(=O)O)cc3)N(C)C2=O)cc(Br)c1OCc1ccccc1. The number of aliphatic imine (C=N–C) groups is 1. The van der Waals surface area contributed by atoms with E-state index in [1.807, 2.05) is 49.4 Å². The largest absolute Gasteiger partial charge is 0.490 e. The van der Waals surface area contributed by atoms with Crippen molar-refractivity contribution in [1.29, 1.82) is 0 Å². The van der Waals surface area contributed by atoms with Crippen molar-refractivity contribution in [3.8, 4) is 11.5 Å². The van der Waals surface area contributed by atoms with Crippen LogP contribution >= 0.6 is 27.7 Å². The summed E-state index contributed by atoms with van der Waals surface area (Å²) in [5, 5.41) is 9.56. The lowest BCUT2D eigenvalue weighted by Crippen LogP contribution is -2.23. The van der Waals surface area contributed by atoms with Gasteiger partial charge in [-0.1, -0.05) is 30.3 Å². The van der Waals surface area contributed by atoms with Crippen molar-refractivity contribution in [3.05, 3.63) is 92.8 Å². The summed E-state index contributed by atoms with van der Waals surface area (Å²) in [4.78, 5) is 30.4. The van der Waals surface area contributed by atoms with E-state index in [0.717, 1.165) is 11.1 Å². The molecule has 0 unspecified atom stereocenters. The Balaban J connectivity index is 1.57. The van der Waals surface area contributed by atoms with Crippen molar-refractivity contribution < 1.29 is 24.2 Å². The lowest BCUT2D eigenvalue weighted by molar-refractivity contribution is -0.121. The van der Waals surface area contributed by atoms with Crippen LogP contribution in [0.4, 0.5) is 5.69 Å². The van der Waals surface area contributed by atoms with Gasteiger partial charge >= 0.3 is 5.97 Å². The van der Waals surface area contributed by atoms with Crippen molar-refractivity contribution in [3.63, 3.8) is 0 Å². The van der Waals surface area contributed by atoms with Crippen LogP contribution in [0.25, 0.3) is 6.08 Å². The van der Waals surface area contributed by atoms with Crippen LogP contribution in [0.3, 0.4) is 0 Å². The number of benzene rings is 3. The van der Waals surface area contributed by atoms with Gasteiger partial charge in [-0.3, -0.25) is 9.69 Å². The van der Waals surface area contributed by atoms with Gasteiger partial charge in [0, 0.05) is 7.05 Å². The van der Waals surface area contributed by atoms with Gasteiger partial charge in [-0.25, -0.2) is 9.79 Å². The first-order chi connectivity index (χ1) is 17.4. The molecule has 4 rings (SSSR count). The Labute approximate surface area is 221 Å². The number of amides is 1. The van der Waals surface area contributed by atoms with Crippen molar-refractivity contribution in [1.82, 2.24) is 4.90 Å². The molecule has 1 aliphatic heterocycles. The molecule has 184 valence electrons. The van der Waals surface area contributed by atoms with Gasteiger partial charge < -0.3 is 14.6 Å². The number of thioether (sulfide) groups is 1. The van der Waals surface area contributed by atoms with Gasteiger partial charge in [0.15, 0.2) is 16.7 Å².